The Morgan fingerprint density at radius 2 is 1.90 bits per heavy atom. The summed E-state index contributed by atoms with van der Waals surface area (Å²) in [5, 5.41) is 8.31. The lowest BCUT2D eigenvalue weighted by Gasteiger charge is -2.01. The molecule has 2 aromatic heterocycles. The summed E-state index contributed by atoms with van der Waals surface area (Å²) < 4.78 is 14.3. The Kier molecular flexibility index (Phi) is 3.28. The number of methoxy groups -OCH3 is 1. The molecule has 2 heterocycles. The number of furan rings is 1. The van der Waals surface area contributed by atoms with E-state index in [2.05, 4.69) is 10.2 Å². The predicted molar refractivity (Wildman–Crippen MR) is 75.3 cm³/mol. The molecular weight excluding hydrogens is 327 g/mol. The Labute approximate surface area is 128 Å². The van der Waals surface area contributed by atoms with Crippen molar-refractivity contribution in [2.24, 2.45) is 0 Å². The highest BCUT2D eigenvalue weighted by molar-refractivity contribution is 6.66. The van der Waals surface area contributed by atoms with Gasteiger partial charge < -0.3 is 13.6 Å². The molecule has 0 spiro atoms. The first kappa shape index (κ1) is 13.5. The van der Waals surface area contributed by atoms with Gasteiger partial charge in [0.25, 0.3) is 15.6 Å². The van der Waals surface area contributed by atoms with E-state index < -0.39 is 3.79 Å². The molecule has 0 N–H and O–H groups in total. The molecule has 0 aliphatic rings. The number of fused-ring (bicyclic) bond motifs is 1. The molecule has 0 amide bonds. The normalized spacial score (nSPS) is 12.0. The van der Waals surface area contributed by atoms with Crippen molar-refractivity contribution >= 4 is 45.8 Å². The zero-order valence-corrected chi connectivity index (χ0v) is 12.3. The Morgan fingerprint density at radius 3 is 2.55 bits per heavy atom. The van der Waals surface area contributed by atoms with E-state index in [1.807, 2.05) is 6.07 Å². The van der Waals surface area contributed by atoms with E-state index >= 15 is 0 Å². The van der Waals surface area contributed by atoms with Gasteiger partial charge in [-0.2, -0.15) is 0 Å². The van der Waals surface area contributed by atoms with Crippen molar-refractivity contribution in [1.29, 1.82) is 0 Å². The lowest BCUT2D eigenvalue weighted by atomic mass is 10.2. The largest absolute Gasteiger partial charge is 0.497 e. The maximum atomic E-state index is 5.67. The summed E-state index contributed by atoms with van der Waals surface area (Å²) in [5.41, 5.74) is 0.662. The van der Waals surface area contributed by atoms with Crippen LogP contribution in [0.1, 0.15) is 5.89 Å². The Bertz CT molecular complexity index is 761. The number of hydrogen-bond donors (Lipinski definition) is 0. The minimum Gasteiger partial charge on any atom is -0.497 e. The zero-order valence-electron chi connectivity index (χ0n) is 10.1. The van der Waals surface area contributed by atoms with Gasteiger partial charge in [-0.3, -0.25) is 0 Å². The van der Waals surface area contributed by atoms with Crippen LogP contribution in [0.5, 0.6) is 5.75 Å². The van der Waals surface area contributed by atoms with Crippen LogP contribution in [0.2, 0.25) is 0 Å². The molecule has 20 heavy (non-hydrogen) atoms. The van der Waals surface area contributed by atoms with E-state index in [9.17, 15) is 0 Å². The van der Waals surface area contributed by atoms with Gasteiger partial charge in [0.05, 0.1) is 7.11 Å². The van der Waals surface area contributed by atoms with Gasteiger partial charge in [0.1, 0.15) is 11.3 Å². The van der Waals surface area contributed by atoms with Gasteiger partial charge in [-0.25, -0.2) is 0 Å². The Morgan fingerprint density at radius 1 is 1.10 bits per heavy atom. The highest BCUT2D eigenvalue weighted by Gasteiger charge is 2.31. The molecule has 0 saturated heterocycles. The monoisotopic (exact) mass is 332 g/mol. The van der Waals surface area contributed by atoms with E-state index in [1.165, 1.54) is 0 Å². The number of ether oxygens (including phenoxy) is 1. The van der Waals surface area contributed by atoms with Crippen LogP contribution in [0, 0.1) is 0 Å². The zero-order chi connectivity index (χ0) is 14.3. The lowest BCUT2D eigenvalue weighted by Crippen LogP contribution is -1.99. The van der Waals surface area contributed by atoms with Crippen LogP contribution < -0.4 is 4.74 Å². The van der Waals surface area contributed by atoms with Gasteiger partial charge in [-0.05, 0) is 24.3 Å². The molecule has 3 rings (SSSR count). The predicted octanol–water partition coefficient (Wildman–Crippen LogP) is 4.32. The van der Waals surface area contributed by atoms with Crippen LogP contribution in [0.3, 0.4) is 0 Å². The highest BCUT2D eigenvalue weighted by Crippen LogP contribution is 2.38. The summed E-state index contributed by atoms with van der Waals surface area (Å²) in [6, 6.07) is 7.14. The molecule has 8 heteroatoms. The molecule has 0 saturated carbocycles. The fourth-order valence-electron chi connectivity index (χ4n) is 1.69. The van der Waals surface area contributed by atoms with Crippen molar-refractivity contribution in [1.82, 2.24) is 10.2 Å². The second kappa shape index (κ2) is 4.84. The minimum absolute atomic E-state index is 0.115. The number of nitrogens with zero attached hydrogens (tertiary/aromatic N) is 2. The third kappa shape index (κ3) is 2.44. The van der Waals surface area contributed by atoms with Crippen molar-refractivity contribution in [3.05, 3.63) is 30.2 Å². The average Bonchev–Trinajstić information content (AvgIpc) is 3.03. The molecule has 0 aliphatic heterocycles. The molecule has 1 aromatic carbocycles. The highest BCUT2D eigenvalue weighted by atomic mass is 35.6. The van der Waals surface area contributed by atoms with Crippen LogP contribution >= 0.6 is 34.8 Å². The maximum Gasteiger partial charge on any atom is 0.283 e. The van der Waals surface area contributed by atoms with Gasteiger partial charge in [0, 0.05) is 5.39 Å². The average molecular weight is 334 g/mol. The smallest absolute Gasteiger partial charge is 0.283 e. The number of alkyl halides is 3. The van der Waals surface area contributed by atoms with Gasteiger partial charge in [0.15, 0.2) is 5.76 Å². The van der Waals surface area contributed by atoms with Crippen molar-refractivity contribution in [3.63, 3.8) is 0 Å². The number of rotatable bonds is 2. The molecular formula is C12H7Cl3N2O3. The molecule has 0 fully saturated rings. The minimum atomic E-state index is -1.76. The van der Waals surface area contributed by atoms with Gasteiger partial charge in [0.2, 0.25) is 0 Å². The van der Waals surface area contributed by atoms with Crippen molar-refractivity contribution in [2.45, 2.75) is 3.79 Å². The van der Waals surface area contributed by atoms with E-state index in [0.29, 0.717) is 11.3 Å². The van der Waals surface area contributed by atoms with Crippen LogP contribution in [0.4, 0.5) is 0 Å². The van der Waals surface area contributed by atoms with E-state index in [0.717, 1.165) is 11.1 Å². The number of benzene rings is 1. The molecule has 0 aliphatic carbocycles. The molecule has 0 atom stereocenters. The van der Waals surface area contributed by atoms with Crippen LogP contribution in [-0.4, -0.2) is 17.3 Å². The molecule has 104 valence electrons. The van der Waals surface area contributed by atoms with E-state index in [-0.39, 0.29) is 11.8 Å². The summed E-state index contributed by atoms with van der Waals surface area (Å²) in [6.45, 7) is 0. The van der Waals surface area contributed by atoms with Crippen LogP contribution in [0.25, 0.3) is 22.6 Å². The molecule has 3 aromatic rings. The molecule has 0 bridgehead atoms. The topological polar surface area (TPSA) is 61.3 Å². The van der Waals surface area contributed by atoms with Gasteiger partial charge in [-0.1, -0.05) is 34.8 Å². The fraction of sp³-hybridized carbons (Fsp3) is 0.167. The molecule has 0 unspecified atom stereocenters. The Hall–Kier alpha value is -1.43. The maximum absolute atomic E-state index is 5.67. The lowest BCUT2D eigenvalue weighted by molar-refractivity contribution is 0.415. The van der Waals surface area contributed by atoms with Gasteiger partial charge in [-0.15, -0.1) is 10.2 Å². The molecule has 5 nitrogen and oxygen atoms in total. The SMILES string of the molecule is COc1ccc2oc(-c3nnc(C(Cl)(Cl)Cl)o3)cc2c1. The second-order valence-corrected chi connectivity index (χ2v) is 6.21. The first-order valence-corrected chi connectivity index (χ1v) is 6.59. The summed E-state index contributed by atoms with van der Waals surface area (Å²) in [4.78, 5) is 0. The number of hydrogen-bond acceptors (Lipinski definition) is 5. The van der Waals surface area contributed by atoms with Crippen LogP contribution in [-0.2, 0) is 3.79 Å². The van der Waals surface area contributed by atoms with E-state index in [1.54, 1.807) is 25.3 Å². The summed E-state index contributed by atoms with van der Waals surface area (Å²) in [5.74, 6) is 1.13. The third-order valence-corrected chi connectivity index (χ3v) is 3.09. The first-order valence-electron chi connectivity index (χ1n) is 5.46. The summed E-state index contributed by atoms with van der Waals surface area (Å²) >= 11 is 17.0. The van der Waals surface area contributed by atoms with Crippen molar-refractivity contribution in [3.8, 4) is 17.4 Å². The van der Waals surface area contributed by atoms with E-state index in [4.69, 9.17) is 48.4 Å². The quantitative estimate of drug-likeness (QED) is 0.654. The van der Waals surface area contributed by atoms with Crippen LogP contribution in [0.15, 0.2) is 33.1 Å². The standard InChI is InChI=1S/C12H7Cl3N2O3/c1-18-7-2-3-8-6(4-7)5-9(19-8)10-16-17-11(20-10)12(13,14)15/h2-5H,1H3. The number of halogens is 3. The Balaban J connectivity index is 2.04. The molecule has 0 radical (unpaired) electrons. The number of aromatic nitrogens is 2. The summed E-state index contributed by atoms with van der Waals surface area (Å²) in [6.07, 6.45) is 0. The fourth-order valence-corrected chi connectivity index (χ4v) is 1.92. The van der Waals surface area contributed by atoms with Crippen molar-refractivity contribution in [2.75, 3.05) is 7.11 Å². The first-order chi connectivity index (χ1) is 9.47. The van der Waals surface area contributed by atoms with Gasteiger partial charge >= 0.3 is 0 Å². The van der Waals surface area contributed by atoms with Crippen molar-refractivity contribution < 1.29 is 13.6 Å². The summed E-state index contributed by atoms with van der Waals surface area (Å²) in [7, 11) is 1.59. The second-order valence-electron chi connectivity index (χ2n) is 3.92. The third-order valence-electron chi connectivity index (χ3n) is 2.60.